The lowest BCUT2D eigenvalue weighted by Gasteiger charge is -2.12. The van der Waals surface area contributed by atoms with E-state index in [1.165, 1.54) is 0 Å². The van der Waals surface area contributed by atoms with Gasteiger partial charge in [-0.15, -0.1) is 0 Å². The number of amides is 2. The molecule has 2 amide bonds. The van der Waals surface area contributed by atoms with Gasteiger partial charge in [0.1, 0.15) is 0 Å². The van der Waals surface area contributed by atoms with Crippen LogP contribution < -0.4 is 20.1 Å². The van der Waals surface area contributed by atoms with Gasteiger partial charge in [0, 0.05) is 11.4 Å². The summed E-state index contributed by atoms with van der Waals surface area (Å²) in [5, 5.41) is 5.84. The van der Waals surface area contributed by atoms with Crippen LogP contribution in [-0.4, -0.2) is 25.5 Å². The molecule has 160 valence electrons. The van der Waals surface area contributed by atoms with Crippen LogP contribution in [-0.2, 0) is 4.79 Å². The highest BCUT2D eigenvalue weighted by atomic mass is 35.5. The first kappa shape index (κ1) is 22.2. The van der Waals surface area contributed by atoms with Crippen LogP contribution in [0.5, 0.6) is 11.5 Å². The molecule has 0 unspecified atom stereocenters. The Kier molecular flexibility index (Phi) is 7.51. The van der Waals surface area contributed by atoms with Crippen molar-refractivity contribution in [1.82, 2.24) is 0 Å². The fourth-order valence-corrected chi connectivity index (χ4v) is 3.07. The maximum absolute atomic E-state index is 12.5. The standard InChI is InChI=1S/C24H23ClN2O4/c1-16-8-11-21(22(14-16)30-2)31-13-12-23(28)26-18-9-10-20(25)19(15-18)24(29)27-17-6-4-3-5-7-17/h3-11,14-15H,12-13H2,1-2H3,(H,26,28)(H,27,29). The van der Waals surface area contributed by atoms with E-state index in [0.717, 1.165) is 5.56 Å². The molecular formula is C24H23ClN2O4. The third-order valence-corrected chi connectivity index (χ3v) is 4.76. The van der Waals surface area contributed by atoms with Gasteiger partial charge in [-0.25, -0.2) is 0 Å². The van der Waals surface area contributed by atoms with Crippen molar-refractivity contribution in [3.05, 3.63) is 82.9 Å². The highest BCUT2D eigenvalue weighted by molar-refractivity contribution is 6.34. The predicted molar refractivity (Wildman–Crippen MR) is 122 cm³/mol. The molecule has 3 rings (SSSR count). The van der Waals surface area contributed by atoms with Crippen molar-refractivity contribution in [2.45, 2.75) is 13.3 Å². The van der Waals surface area contributed by atoms with E-state index in [-0.39, 0.29) is 30.4 Å². The van der Waals surface area contributed by atoms with Gasteiger partial charge in [-0.1, -0.05) is 35.9 Å². The number of rotatable bonds is 8. The molecule has 0 saturated carbocycles. The normalized spacial score (nSPS) is 10.3. The molecular weight excluding hydrogens is 416 g/mol. The number of anilines is 2. The minimum atomic E-state index is -0.359. The van der Waals surface area contributed by atoms with E-state index in [9.17, 15) is 9.59 Å². The quantitative estimate of drug-likeness (QED) is 0.499. The molecule has 0 radical (unpaired) electrons. The van der Waals surface area contributed by atoms with E-state index in [4.69, 9.17) is 21.1 Å². The number of halogens is 1. The first-order valence-electron chi connectivity index (χ1n) is 9.69. The van der Waals surface area contributed by atoms with Crippen LogP contribution in [0.1, 0.15) is 22.3 Å². The molecule has 6 nitrogen and oxygen atoms in total. The number of hydrogen-bond donors (Lipinski definition) is 2. The van der Waals surface area contributed by atoms with Crippen molar-refractivity contribution in [2.24, 2.45) is 0 Å². The number of benzene rings is 3. The first-order chi connectivity index (χ1) is 15.0. The second-order valence-corrected chi connectivity index (χ2v) is 7.22. The van der Waals surface area contributed by atoms with Crippen molar-refractivity contribution in [3.8, 4) is 11.5 Å². The number of ether oxygens (including phenoxy) is 2. The highest BCUT2D eigenvalue weighted by Gasteiger charge is 2.13. The minimum absolute atomic E-state index is 0.130. The lowest BCUT2D eigenvalue weighted by molar-refractivity contribution is -0.116. The lowest BCUT2D eigenvalue weighted by atomic mass is 10.1. The molecule has 0 aliphatic heterocycles. The molecule has 7 heteroatoms. The number of aryl methyl sites for hydroxylation is 1. The summed E-state index contributed by atoms with van der Waals surface area (Å²) in [7, 11) is 1.57. The zero-order valence-corrected chi connectivity index (χ0v) is 18.0. The van der Waals surface area contributed by atoms with E-state index in [1.807, 2.05) is 43.3 Å². The molecule has 0 aromatic heterocycles. The van der Waals surface area contributed by atoms with Gasteiger partial charge in [-0.3, -0.25) is 9.59 Å². The summed E-state index contributed by atoms with van der Waals surface area (Å²) in [6.45, 7) is 2.14. The SMILES string of the molecule is COc1cc(C)ccc1OCCC(=O)Nc1ccc(Cl)c(C(=O)Nc2ccccc2)c1. The molecule has 0 bridgehead atoms. The Morgan fingerprint density at radius 3 is 2.42 bits per heavy atom. The topological polar surface area (TPSA) is 76.7 Å². The summed E-state index contributed by atoms with van der Waals surface area (Å²) < 4.78 is 11.0. The average molecular weight is 439 g/mol. The Hall–Kier alpha value is -3.51. The van der Waals surface area contributed by atoms with Gasteiger partial charge >= 0.3 is 0 Å². The Morgan fingerprint density at radius 1 is 0.903 bits per heavy atom. The third-order valence-electron chi connectivity index (χ3n) is 4.43. The molecule has 3 aromatic carbocycles. The van der Waals surface area contributed by atoms with Crippen molar-refractivity contribution in [1.29, 1.82) is 0 Å². The number of methoxy groups -OCH3 is 1. The summed E-state index contributed by atoms with van der Waals surface area (Å²) in [6.07, 6.45) is 0.130. The van der Waals surface area contributed by atoms with E-state index in [1.54, 1.807) is 37.4 Å². The van der Waals surface area contributed by atoms with E-state index in [0.29, 0.717) is 27.9 Å². The Labute approximate surface area is 186 Å². The smallest absolute Gasteiger partial charge is 0.257 e. The number of nitrogens with one attached hydrogen (secondary N) is 2. The molecule has 0 aliphatic carbocycles. The van der Waals surface area contributed by atoms with Gasteiger partial charge in [-0.05, 0) is 55.0 Å². The van der Waals surface area contributed by atoms with Gasteiger partial charge in [0.15, 0.2) is 11.5 Å². The second kappa shape index (κ2) is 10.5. The van der Waals surface area contributed by atoms with Crippen molar-refractivity contribution in [3.63, 3.8) is 0 Å². The van der Waals surface area contributed by atoms with Crippen LogP contribution in [0.25, 0.3) is 0 Å². The molecule has 0 atom stereocenters. The monoisotopic (exact) mass is 438 g/mol. The number of carbonyl (C=O) groups is 2. The number of carbonyl (C=O) groups excluding carboxylic acids is 2. The Balaban J connectivity index is 1.58. The van der Waals surface area contributed by atoms with E-state index < -0.39 is 0 Å². The van der Waals surface area contributed by atoms with Crippen LogP contribution in [0.4, 0.5) is 11.4 Å². The Bertz CT molecular complexity index is 1070. The van der Waals surface area contributed by atoms with Crippen LogP contribution in [0, 0.1) is 6.92 Å². The molecule has 31 heavy (non-hydrogen) atoms. The third kappa shape index (κ3) is 6.23. The zero-order valence-electron chi connectivity index (χ0n) is 17.3. The largest absolute Gasteiger partial charge is 0.493 e. The first-order valence-corrected chi connectivity index (χ1v) is 10.1. The number of para-hydroxylation sites is 1. The second-order valence-electron chi connectivity index (χ2n) is 6.82. The summed E-state index contributed by atoms with van der Waals surface area (Å²) >= 11 is 6.18. The van der Waals surface area contributed by atoms with E-state index in [2.05, 4.69) is 10.6 Å². The fourth-order valence-electron chi connectivity index (χ4n) is 2.87. The minimum Gasteiger partial charge on any atom is -0.493 e. The van der Waals surface area contributed by atoms with E-state index >= 15 is 0 Å². The summed E-state index contributed by atoms with van der Waals surface area (Å²) in [5.41, 5.74) is 2.45. The molecule has 3 aromatic rings. The molecule has 0 heterocycles. The van der Waals surface area contributed by atoms with Crippen molar-refractivity contribution < 1.29 is 19.1 Å². The van der Waals surface area contributed by atoms with Crippen LogP contribution >= 0.6 is 11.6 Å². The number of hydrogen-bond acceptors (Lipinski definition) is 4. The lowest BCUT2D eigenvalue weighted by Crippen LogP contribution is -2.17. The summed E-state index contributed by atoms with van der Waals surface area (Å²) in [4.78, 5) is 24.9. The van der Waals surface area contributed by atoms with Crippen molar-refractivity contribution >= 4 is 34.8 Å². The van der Waals surface area contributed by atoms with Crippen molar-refractivity contribution in [2.75, 3.05) is 24.4 Å². The maximum Gasteiger partial charge on any atom is 0.257 e. The van der Waals surface area contributed by atoms with Crippen LogP contribution in [0.15, 0.2) is 66.7 Å². The van der Waals surface area contributed by atoms with Crippen LogP contribution in [0.3, 0.4) is 0 Å². The Morgan fingerprint density at radius 2 is 1.68 bits per heavy atom. The molecule has 0 aliphatic rings. The van der Waals surface area contributed by atoms with Gasteiger partial charge in [0.05, 0.1) is 30.7 Å². The van der Waals surface area contributed by atoms with Gasteiger partial charge in [-0.2, -0.15) is 0 Å². The fraction of sp³-hybridized carbons (Fsp3) is 0.167. The maximum atomic E-state index is 12.5. The molecule has 0 saturated heterocycles. The predicted octanol–water partition coefficient (Wildman–Crippen LogP) is 5.32. The highest BCUT2D eigenvalue weighted by Crippen LogP contribution is 2.28. The summed E-state index contributed by atoms with van der Waals surface area (Å²) in [5.74, 6) is 0.587. The molecule has 2 N–H and O–H groups in total. The molecule has 0 spiro atoms. The molecule has 0 fully saturated rings. The zero-order chi connectivity index (χ0) is 22.2. The summed E-state index contributed by atoms with van der Waals surface area (Å²) in [6, 6.07) is 19.4. The van der Waals surface area contributed by atoms with Gasteiger partial charge in [0.2, 0.25) is 5.91 Å². The average Bonchev–Trinajstić information content (AvgIpc) is 2.76. The van der Waals surface area contributed by atoms with Gasteiger partial charge < -0.3 is 20.1 Å². The van der Waals surface area contributed by atoms with Gasteiger partial charge in [0.25, 0.3) is 5.91 Å². The van der Waals surface area contributed by atoms with Crippen LogP contribution in [0.2, 0.25) is 5.02 Å².